The van der Waals surface area contributed by atoms with Gasteiger partial charge in [-0.05, 0) is 62.6 Å². The van der Waals surface area contributed by atoms with E-state index in [-0.39, 0.29) is 11.9 Å². The first-order chi connectivity index (χ1) is 16.2. The molecule has 1 atom stereocenters. The molecule has 1 aromatic heterocycles. The van der Waals surface area contributed by atoms with E-state index in [4.69, 9.17) is 14.5 Å². The number of likely N-dealkylation sites (tertiary alicyclic amines) is 2. The number of methoxy groups -OCH3 is 2. The largest absolute Gasteiger partial charge is 0.497 e. The third-order valence-electron chi connectivity index (χ3n) is 7.01. The molecule has 7 heteroatoms. The van der Waals surface area contributed by atoms with Gasteiger partial charge in [0.15, 0.2) is 0 Å². The predicted octanol–water partition coefficient (Wildman–Crippen LogP) is 4.86. The maximum atomic E-state index is 13.2. The van der Waals surface area contributed by atoms with Gasteiger partial charge in [-0.15, -0.1) is 11.3 Å². The molecule has 6 nitrogen and oxygen atoms in total. The van der Waals surface area contributed by atoms with Crippen LogP contribution >= 0.6 is 11.3 Å². The number of carbonyl (C=O) groups is 1. The summed E-state index contributed by atoms with van der Waals surface area (Å²) in [6.07, 6.45) is 4.08. The van der Waals surface area contributed by atoms with Gasteiger partial charge in [0, 0.05) is 30.6 Å². The SMILES string of the molecule is COc1ccc(OC)c([C@H]2CCCN2CC(=O)N2CCC(c3nc4ccccc4s3)CC2)c1. The van der Waals surface area contributed by atoms with E-state index in [1.165, 1.54) is 9.71 Å². The van der Waals surface area contributed by atoms with Gasteiger partial charge >= 0.3 is 0 Å². The molecule has 2 aliphatic rings. The molecule has 33 heavy (non-hydrogen) atoms. The Balaban J connectivity index is 1.22. The first kappa shape index (κ1) is 22.2. The van der Waals surface area contributed by atoms with Crippen molar-refractivity contribution in [2.45, 2.75) is 37.6 Å². The Labute approximate surface area is 199 Å². The van der Waals surface area contributed by atoms with E-state index in [0.717, 1.165) is 67.9 Å². The molecular formula is C26H31N3O3S. The van der Waals surface area contributed by atoms with Crippen molar-refractivity contribution in [3.8, 4) is 11.5 Å². The summed E-state index contributed by atoms with van der Waals surface area (Å²) in [7, 11) is 3.38. The molecule has 0 spiro atoms. The van der Waals surface area contributed by atoms with Crippen molar-refractivity contribution in [1.82, 2.24) is 14.8 Å². The molecule has 0 saturated carbocycles. The van der Waals surface area contributed by atoms with E-state index in [1.807, 2.05) is 23.1 Å². The van der Waals surface area contributed by atoms with Crippen LogP contribution in [0.3, 0.4) is 0 Å². The molecule has 0 bridgehead atoms. The number of piperidine rings is 1. The zero-order valence-electron chi connectivity index (χ0n) is 19.3. The quantitative estimate of drug-likeness (QED) is 0.521. The van der Waals surface area contributed by atoms with E-state index >= 15 is 0 Å². The highest BCUT2D eigenvalue weighted by atomic mass is 32.1. The molecule has 2 fully saturated rings. The summed E-state index contributed by atoms with van der Waals surface area (Å²) < 4.78 is 12.3. The average Bonchev–Trinajstić information content (AvgIpc) is 3.50. The molecule has 2 aromatic carbocycles. The van der Waals surface area contributed by atoms with E-state index in [1.54, 1.807) is 25.6 Å². The van der Waals surface area contributed by atoms with Gasteiger partial charge in [0.1, 0.15) is 11.5 Å². The molecule has 0 N–H and O–H groups in total. The fourth-order valence-electron chi connectivity index (χ4n) is 5.18. The van der Waals surface area contributed by atoms with Crippen LogP contribution in [0.25, 0.3) is 10.2 Å². The van der Waals surface area contributed by atoms with Gasteiger partial charge in [0.25, 0.3) is 0 Å². The van der Waals surface area contributed by atoms with Crippen LogP contribution in [-0.2, 0) is 4.79 Å². The van der Waals surface area contributed by atoms with Crippen LogP contribution < -0.4 is 9.47 Å². The van der Waals surface area contributed by atoms with Crippen LogP contribution in [0.4, 0.5) is 0 Å². The van der Waals surface area contributed by atoms with Crippen LogP contribution in [0.1, 0.15) is 48.2 Å². The number of thiazole rings is 1. The molecular weight excluding hydrogens is 434 g/mol. The fraction of sp³-hybridized carbons (Fsp3) is 0.462. The summed E-state index contributed by atoms with van der Waals surface area (Å²) in [6.45, 7) is 3.00. The third-order valence-corrected chi connectivity index (χ3v) is 8.20. The molecule has 174 valence electrons. The van der Waals surface area contributed by atoms with E-state index in [0.29, 0.717) is 12.5 Å². The average molecular weight is 466 g/mol. The summed E-state index contributed by atoms with van der Waals surface area (Å²) in [4.78, 5) is 22.4. The zero-order valence-corrected chi connectivity index (χ0v) is 20.1. The summed E-state index contributed by atoms with van der Waals surface area (Å²) in [5.41, 5.74) is 2.20. The van der Waals surface area contributed by atoms with Crippen LogP contribution in [-0.4, -0.2) is 61.1 Å². The normalized spacial score (nSPS) is 19.8. The van der Waals surface area contributed by atoms with Crippen molar-refractivity contribution < 1.29 is 14.3 Å². The number of hydrogen-bond donors (Lipinski definition) is 0. The monoisotopic (exact) mass is 465 g/mol. The third kappa shape index (κ3) is 4.57. The Morgan fingerprint density at radius 3 is 2.64 bits per heavy atom. The number of fused-ring (bicyclic) bond motifs is 1. The van der Waals surface area contributed by atoms with Crippen LogP contribution in [0, 0.1) is 0 Å². The Morgan fingerprint density at radius 2 is 1.88 bits per heavy atom. The molecule has 3 aromatic rings. The number of amides is 1. The van der Waals surface area contributed by atoms with Gasteiger partial charge in [-0.25, -0.2) is 4.98 Å². The number of aromatic nitrogens is 1. The number of hydrogen-bond acceptors (Lipinski definition) is 6. The first-order valence-corrected chi connectivity index (χ1v) is 12.6. The lowest BCUT2D eigenvalue weighted by molar-refractivity contribution is -0.133. The van der Waals surface area contributed by atoms with Crippen LogP contribution in [0.15, 0.2) is 42.5 Å². The number of rotatable bonds is 6. The lowest BCUT2D eigenvalue weighted by atomic mass is 9.97. The Morgan fingerprint density at radius 1 is 1.06 bits per heavy atom. The van der Waals surface area contributed by atoms with Crippen molar-refractivity contribution in [3.05, 3.63) is 53.0 Å². The highest BCUT2D eigenvalue weighted by Gasteiger charge is 2.32. The Bertz CT molecular complexity index is 1090. The van der Waals surface area contributed by atoms with Crippen LogP contribution in [0.2, 0.25) is 0 Å². The van der Waals surface area contributed by atoms with E-state index in [2.05, 4.69) is 29.2 Å². The van der Waals surface area contributed by atoms with Crippen molar-refractivity contribution >= 4 is 27.5 Å². The van der Waals surface area contributed by atoms with Gasteiger partial charge in [0.2, 0.25) is 5.91 Å². The van der Waals surface area contributed by atoms with Gasteiger partial charge in [-0.2, -0.15) is 0 Å². The summed E-state index contributed by atoms with van der Waals surface area (Å²) in [5.74, 6) is 2.36. The second-order valence-corrected chi connectivity index (χ2v) is 9.97. The highest BCUT2D eigenvalue weighted by Crippen LogP contribution is 2.39. The molecule has 0 radical (unpaired) electrons. The Kier molecular flexibility index (Phi) is 6.51. The zero-order chi connectivity index (χ0) is 22.8. The highest BCUT2D eigenvalue weighted by molar-refractivity contribution is 7.18. The molecule has 0 unspecified atom stereocenters. The summed E-state index contributed by atoms with van der Waals surface area (Å²) >= 11 is 1.80. The fourth-order valence-corrected chi connectivity index (χ4v) is 6.32. The van der Waals surface area contributed by atoms with Crippen molar-refractivity contribution in [2.24, 2.45) is 0 Å². The standard InChI is InChI=1S/C26H31N3O3S/c1-31-19-9-10-23(32-2)20(16-19)22-7-5-13-29(22)17-25(30)28-14-11-18(12-15-28)26-27-21-6-3-4-8-24(21)33-26/h3-4,6,8-10,16,18,22H,5,7,11-15,17H2,1-2H3/t22-/m1/s1. The predicted molar refractivity (Wildman–Crippen MR) is 131 cm³/mol. The molecule has 2 aliphatic heterocycles. The van der Waals surface area contributed by atoms with Gasteiger partial charge in [0.05, 0.1) is 36.0 Å². The lowest BCUT2D eigenvalue weighted by Crippen LogP contribution is -2.43. The van der Waals surface area contributed by atoms with Gasteiger partial charge in [-0.1, -0.05) is 12.1 Å². The number of ether oxygens (including phenoxy) is 2. The molecule has 1 amide bonds. The minimum absolute atomic E-state index is 0.180. The van der Waals surface area contributed by atoms with Crippen molar-refractivity contribution in [3.63, 3.8) is 0 Å². The lowest BCUT2D eigenvalue weighted by Gasteiger charge is -2.33. The van der Waals surface area contributed by atoms with Crippen molar-refractivity contribution in [2.75, 3.05) is 40.4 Å². The Hall–Kier alpha value is -2.64. The molecule has 2 saturated heterocycles. The van der Waals surface area contributed by atoms with E-state index in [9.17, 15) is 4.79 Å². The number of nitrogens with zero attached hydrogens (tertiary/aromatic N) is 3. The van der Waals surface area contributed by atoms with E-state index < -0.39 is 0 Å². The smallest absolute Gasteiger partial charge is 0.236 e. The minimum atomic E-state index is 0.180. The maximum absolute atomic E-state index is 13.2. The molecule has 3 heterocycles. The number of para-hydroxylation sites is 1. The minimum Gasteiger partial charge on any atom is -0.497 e. The molecule has 5 rings (SSSR count). The molecule has 0 aliphatic carbocycles. The van der Waals surface area contributed by atoms with Gasteiger partial charge < -0.3 is 14.4 Å². The van der Waals surface area contributed by atoms with Crippen LogP contribution in [0.5, 0.6) is 11.5 Å². The topological polar surface area (TPSA) is 54.9 Å². The van der Waals surface area contributed by atoms with Gasteiger partial charge in [-0.3, -0.25) is 9.69 Å². The second kappa shape index (κ2) is 9.69. The number of carbonyl (C=O) groups excluding carboxylic acids is 1. The summed E-state index contributed by atoms with van der Waals surface area (Å²) in [5, 5.41) is 1.22. The first-order valence-electron chi connectivity index (χ1n) is 11.8. The van der Waals surface area contributed by atoms with Crippen molar-refractivity contribution in [1.29, 1.82) is 0 Å². The maximum Gasteiger partial charge on any atom is 0.236 e. The number of benzene rings is 2. The summed E-state index contributed by atoms with van der Waals surface area (Å²) in [6, 6.07) is 14.4. The second-order valence-electron chi connectivity index (χ2n) is 8.91.